The van der Waals surface area contributed by atoms with Crippen LogP contribution in [0.25, 0.3) is 0 Å². The Hall–Kier alpha value is -1.96. The lowest BCUT2D eigenvalue weighted by Crippen LogP contribution is -2.55. The first-order chi connectivity index (χ1) is 12.2. The Labute approximate surface area is 149 Å². The summed E-state index contributed by atoms with van der Waals surface area (Å²) < 4.78 is 94.5. The van der Waals surface area contributed by atoms with Crippen LogP contribution in [0.5, 0.6) is 0 Å². The summed E-state index contributed by atoms with van der Waals surface area (Å²) in [5.74, 6) is -5.62. The third-order valence-electron chi connectivity index (χ3n) is 4.38. The van der Waals surface area contributed by atoms with E-state index in [4.69, 9.17) is 14.0 Å². The van der Waals surface area contributed by atoms with E-state index in [0.717, 1.165) is 0 Å². The molecule has 9 nitrogen and oxygen atoms in total. The average Bonchev–Trinajstić information content (AvgIpc) is 3.03. The highest BCUT2D eigenvalue weighted by Gasteiger charge is 2.72. The number of esters is 3. The summed E-state index contributed by atoms with van der Waals surface area (Å²) in [5.41, 5.74) is 0. The normalized spacial score (nSPS) is 30.2. The third kappa shape index (κ3) is 3.85. The molecule has 5 unspecified atom stereocenters. The lowest BCUT2D eigenvalue weighted by Gasteiger charge is -2.22. The van der Waals surface area contributed by atoms with Gasteiger partial charge in [0.1, 0.15) is 12.2 Å². The molecule has 27 heavy (non-hydrogen) atoms. The van der Waals surface area contributed by atoms with Gasteiger partial charge in [0.15, 0.2) is 6.61 Å². The van der Waals surface area contributed by atoms with Crippen LogP contribution in [0, 0.1) is 11.8 Å². The zero-order chi connectivity index (χ0) is 20.8. The fraction of sp³-hybridized carbons (Fsp3) is 0.769. The van der Waals surface area contributed by atoms with Gasteiger partial charge in [-0.1, -0.05) is 0 Å². The monoisotopic (exact) mass is 422 g/mol. The summed E-state index contributed by atoms with van der Waals surface area (Å²) >= 11 is 0. The Morgan fingerprint density at radius 1 is 1.26 bits per heavy atom. The predicted molar refractivity (Wildman–Crippen MR) is 74.0 cm³/mol. The molecule has 0 aromatic rings. The van der Waals surface area contributed by atoms with Gasteiger partial charge in [-0.2, -0.15) is 21.6 Å². The highest BCUT2D eigenvalue weighted by Crippen LogP contribution is 2.43. The second-order valence-corrected chi connectivity index (χ2v) is 7.65. The molecule has 2 aliphatic rings. The SMILES string of the molecule is CC1OC(=O)C2CC(OC(=O)COC(=O)C(F)(C(F)(F)F)S(=O)(=O)O)CC12. The van der Waals surface area contributed by atoms with Gasteiger partial charge in [-0.3, -0.25) is 9.35 Å². The molecule has 0 spiro atoms. The first-order valence-electron chi connectivity index (χ1n) is 7.48. The molecule has 1 saturated heterocycles. The first kappa shape index (κ1) is 21.3. The molecular formula is C13H14F4O9S. The van der Waals surface area contributed by atoms with Crippen LogP contribution in [0.2, 0.25) is 0 Å². The van der Waals surface area contributed by atoms with E-state index in [-0.39, 0.29) is 18.8 Å². The largest absolute Gasteiger partial charge is 0.462 e. The number of halogens is 4. The van der Waals surface area contributed by atoms with Gasteiger partial charge >= 0.3 is 39.2 Å². The molecule has 0 aromatic carbocycles. The minimum atomic E-state index is -6.58. The van der Waals surface area contributed by atoms with Crippen molar-refractivity contribution in [2.75, 3.05) is 6.61 Å². The Morgan fingerprint density at radius 3 is 2.33 bits per heavy atom. The molecule has 2 rings (SSSR count). The lowest BCUT2D eigenvalue weighted by molar-refractivity contribution is -0.216. The average molecular weight is 422 g/mol. The van der Waals surface area contributed by atoms with Crippen molar-refractivity contribution in [1.82, 2.24) is 0 Å². The van der Waals surface area contributed by atoms with Crippen LogP contribution < -0.4 is 0 Å². The maximum atomic E-state index is 13.7. The highest BCUT2D eigenvalue weighted by atomic mass is 32.2. The second kappa shape index (κ2) is 6.89. The second-order valence-electron chi connectivity index (χ2n) is 6.14. The number of ether oxygens (including phenoxy) is 3. The summed E-state index contributed by atoms with van der Waals surface area (Å²) in [5, 5.41) is -5.75. The molecule has 1 saturated carbocycles. The molecule has 1 aliphatic carbocycles. The standard InChI is InChI=1S/C13H14F4O9S/c1-5-7-2-6(3-8(7)10(19)25-5)26-9(18)4-24-11(20)12(14,13(15,16)17)27(21,22)23/h5-8H,2-4H2,1H3,(H,21,22,23). The Bertz CT molecular complexity index is 749. The number of hydrogen-bond acceptors (Lipinski definition) is 8. The van der Waals surface area contributed by atoms with Gasteiger partial charge in [0.05, 0.1) is 5.92 Å². The molecule has 2 fully saturated rings. The van der Waals surface area contributed by atoms with E-state index in [9.17, 15) is 40.4 Å². The number of hydrogen-bond donors (Lipinski definition) is 1. The van der Waals surface area contributed by atoms with Crippen LogP contribution >= 0.6 is 0 Å². The van der Waals surface area contributed by atoms with Crippen LogP contribution in [0.15, 0.2) is 0 Å². The van der Waals surface area contributed by atoms with Crippen LogP contribution in [-0.4, -0.2) is 60.9 Å². The fourth-order valence-corrected chi connectivity index (χ4v) is 3.63. The fourth-order valence-electron chi connectivity index (χ4n) is 3.07. The quantitative estimate of drug-likeness (QED) is 0.291. The number of alkyl halides is 4. The van der Waals surface area contributed by atoms with Crippen molar-refractivity contribution < 1.29 is 59.1 Å². The van der Waals surface area contributed by atoms with E-state index in [2.05, 4.69) is 4.74 Å². The Kier molecular flexibility index (Phi) is 5.45. The van der Waals surface area contributed by atoms with Crippen LogP contribution in [0.3, 0.4) is 0 Å². The van der Waals surface area contributed by atoms with E-state index < -0.39 is 63.9 Å². The molecule has 154 valence electrons. The number of rotatable bonds is 5. The van der Waals surface area contributed by atoms with Gasteiger partial charge < -0.3 is 14.2 Å². The molecule has 0 aromatic heterocycles. The van der Waals surface area contributed by atoms with Gasteiger partial charge in [-0.15, -0.1) is 0 Å². The lowest BCUT2D eigenvalue weighted by atomic mass is 9.95. The number of fused-ring (bicyclic) bond motifs is 1. The molecule has 0 radical (unpaired) electrons. The van der Waals surface area contributed by atoms with Crippen LogP contribution in [-0.2, 0) is 38.7 Å². The number of cyclic esters (lactones) is 1. The molecular weight excluding hydrogens is 408 g/mol. The summed E-state index contributed by atoms with van der Waals surface area (Å²) in [6.45, 7) is 0.115. The molecule has 5 atom stereocenters. The number of carbonyl (C=O) groups is 3. The maximum absolute atomic E-state index is 13.7. The summed E-state index contributed by atoms with van der Waals surface area (Å²) in [7, 11) is -6.58. The minimum absolute atomic E-state index is 0.0914. The van der Waals surface area contributed by atoms with Gasteiger partial charge in [-0.25, -0.2) is 14.0 Å². The first-order valence-corrected chi connectivity index (χ1v) is 8.92. The molecule has 0 amide bonds. The van der Waals surface area contributed by atoms with Crippen molar-refractivity contribution in [2.45, 2.75) is 43.2 Å². The van der Waals surface area contributed by atoms with Crippen molar-refractivity contribution in [3.05, 3.63) is 0 Å². The Morgan fingerprint density at radius 2 is 1.85 bits per heavy atom. The zero-order valence-electron chi connectivity index (χ0n) is 13.6. The van der Waals surface area contributed by atoms with Crippen LogP contribution in [0.4, 0.5) is 17.6 Å². The molecule has 1 heterocycles. The molecule has 14 heteroatoms. The van der Waals surface area contributed by atoms with E-state index in [0.29, 0.717) is 0 Å². The Balaban J connectivity index is 1.94. The number of carbonyl (C=O) groups excluding carboxylic acids is 3. The van der Waals surface area contributed by atoms with Crippen LogP contribution in [0.1, 0.15) is 19.8 Å². The van der Waals surface area contributed by atoms with Gasteiger partial charge in [0.25, 0.3) is 0 Å². The van der Waals surface area contributed by atoms with Gasteiger partial charge in [0.2, 0.25) is 0 Å². The van der Waals surface area contributed by atoms with Gasteiger partial charge in [0, 0.05) is 5.92 Å². The summed E-state index contributed by atoms with van der Waals surface area (Å²) in [6, 6.07) is 0. The van der Waals surface area contributed by atoms with E-state index in [1.807, 2.05) is 0 Å². The molecule has 1 aliphatic heterocycles. The van der Waals surface area contributed by atoms with Crippen molar-refractivity contribution in [1.29, 1.82) is 0 Å². The summed E-state index contributed by atoms with van der Waals surface area (Å²) in [4.78, 5) is 34.4. The van der Waals surface area contributed by atoms with Crippen molar-refractivity contribution in [2.24, 2.45) is 11.8 Å². The topological polar surface area (TPSA) is 133 Å². The van der Waals surface area contributed by atoms with E-state index in [1.54, 1.807) is 6.92 Å². The summed E-state index contributed by atoms with van der Waals surface area (Å²) in [6.07, 6.45) is -7.24. The van der Waals surface area contributed by atoms with Gasteiger partial charge in [-0.05, 0) is 19.8 Å². The van der Waals surface area contributed by atoms with E-state index >= 15 is 0 Å². The predicted octanol–water partition coefficient (Wildman–Crippen LogP) is 0.529. The van der Waals surface area contributed by atoms with Crippen molar-refractivity contribution in [3.63, 3.8) is 0 Å². The molecule has 0 bridgehead atoms. The highest BCUT2D eigenvalue weighted by molar-refractivity contribution is 7.88. The van der Waals surface area contributed by atoms with E-state index in [1.165, 1.54) is 0 Å². The van der Waals surface area contributed by atoms with Crippen molar-refractivity contribution in [3.8, 4) is 0 Å². The third-order valence-corrected chi connectivity index (χ3v) is 5.49. The smallest absolute Gasteiger partial charge is 0.451 e. The molecule has 1 N–H and O–H groups in total. The zero-order valence-corrected chi connectivity index (χ0v) is 14.4. The minimum Gasteiger partial charge on any atom is -0.462 e. The van der Waals surface area contributed by atoms with Crippen molar-refractivity contribution >= 4 is 28.0 Å². The maximum Gasteiger partial charge on any atom is 0.451 e.